The summed E-state index contributed by atoms with van der Waals surface area (Å²) in [6.07, 6.45) is 1.27. The number of amides is 1. The Morgan fingerprint density at radius 3 is 2.54 bits per heavy atom. The third-order valence-corrected chi connectivity index (χ3v) is 6.22. The van der Waals surface area contributed by atoms with Gasteiger partial charge in [-0.25, -0.2) is 0 Å². The zero-order chi connectivity index (χ0) is 17.9. The minimum atomic E-state index is -0.229. The van der Waals surface area contributed by atoms with E-state index in [1.54, 1.807) is 11.3 Å². The van der Waals surface area contributed by atoms with Crippen molar-refractivity contribution in [2.45, 2.75) is 25.0 Å². The molecule has 26 heavy (non-hydrogen) atoms. The van der Waals surface area contributed by atoms with Gasteiger partial charge in [0.2, 0.25) is 0 Å². The first-order valence-electron chi connectivity index (χ1n) is 9.16. The second-order valence-corrected chi connectivity index (χ2v) is 7.98. The highest BCUT2D eigenvalue weighted by molar-refractivity contribution is 7.10. The van der Waals surface area contributed by atoms with Crippen LogP contribution < -0.4 is 10.2 Å². The Labute approximate surface area is 157 Å². The lowest BCUT2D eigenvalue weighted by Crippen LogP contribution is -2.41. The fourth-order valence-corrected chi connectivity index (χ4v) is 4.53. The number of benzene rings is 1. The molecule has 0 spiro atoms. The van der Waals surface area contributed by atoms with Gasteiger partial charge in [0.05, 0.1) is 25.4 Å². The zero-order valence-corrected chi connectivity index (χ0v) is 15.5. The summed E-state index contributed by atoms with van der Waals surface area (Å²) in [6, 6.07) is 11.8. The van der Waals surface area contributed by atoms with Crippen LogP contribution in [0.25, 0.3) is 0 Å². The number of hydrogen-bond acceptors (Lipinski definition) is 5. The second-order valence-electron chi connectivity index (χ2n) is 7.00. The van der Waals surface area contributed by atoms with Gasteiger partial charge in [-0.3, -0.25) is 4.79 Å². The molecule has 1 amide bonds. The van der Waals surface area contributed by atoms with Gasteiger partial charge in [0.25, 0.3) is 5.91 Å². The molecule has 5 nitrogen and oxygen atoms in total. The van der Waals surface area contributed by atoms with Crippen molar-refractivity contribution in [3.63, 3.8) is 0 Å². The number of nitrogens with zero attached hydrogens (tertiary/aromatic N) is 1. The fraction of sp³-hybridized carbons (Fsp3) is 0.450. The van der Waals surface area contributed by atoms with Gasteiger partial charge in [0, 0.05) is 29.2 Å². The van der Waals surface area contributed by atoms with E-state index >= 15 is 0 Å². The Bertz CT molecular complexity index is 720. The first kappa shape index (κ1) is 17.5. The lowest BCUT2D eigenvalue weighted by Gasteiger charge is -2.37. The van der Waals surface area contributed by atoms with Crippen LogP contribution in [0.4, 0.5) is 5.69 Å². The van der Waals surface area contributed by atoms with Crippen molar-refractivity contribution < 1.29 is 14.6 Å². The van der Waals surface area contributed by atoms with Gasteiger partial charge < -0.3 is 20.1 Å². The molecule has 0 radical (unpaired) electrons. The molecule has 1 saturated carbocycles. The van der Waals surface area contributed by atoms with Crippen LogP contribution in [0.15, 0.2) is 41.8 Å². The predicted molar refractivity (Wildman–Crippen MR) is 103 cm³/mol. The number of hydrogen-bond donors (Lipinski definition) is 2. The number of anilines is 1. The first-order chi connectivity index (χ1) is 12.7. The maximum absolute atomic E-state index is 12.8. The molecular formula is C20H24N2O3S. The van der Waals surface area contributed by atoms with E-state index in [2.05, 4.69) is 16.3 Å². The van der Waals surface area contributed by atoms with Crippen molar-refractivity contribution in [1.29, 1.82) is 0 Å². The van der Waals surface area contributed by atoms with Gasteiger partial charge in [-0.2, -0.15) is 0 Å². The van der Waals surface area contributed by atoms with Crippen molar-refractivity contribution in [2.75, 3.05) is 31.2 Å². The summed E-state index contributed by atoms with van der Waals surface area (Å²) in [5.74, 6) is 0.249. The van der Waals surface area contributed by atoms with E-state index in [1.165, 1.54) is 0 Å². The summed E-state index contributed by atoms with van der Waals surface area (Å²) in [5, 5.41) is 14.9. The van der Waals surface area contributed by atoms with Crippen molar-refractivity contribution in [1.82, 2.24) is 5.32 Å². The lowest BCUT2D eigenvalue weighted by molar-refractivity contribution is 0.0241. The van der Waals surface area contributed by atoms with E-state index in [-0.39, 0.29) is 18.1 Å². The van der Waals surface area contributed by atoms with Gasteiger partial charge in [0.15, 0.2) is 0 Å². The molecular weight excluding hydrogens is 348 g/mol. The third kappa shape index (κ3) is 3.77. The highest BCUT2D eigenvalue weighted by Gasteiger charge is 2.36. The van der Waals surface area contributed by atoms with Gasteiger partial charge >= 0.3 is 0 Å². The molecule has 1 unspecified atom stereocenters. The molecule has 6 heteroatoms. The molecule has 2 aromatic rings. The fourth-order valence-electron chi connectivity index (χ4n) is 3.66. The SMILES string of the molecule is O=C(NC(c1cccs1)C1CC(O)C1)c1ccc(N2CCOCC2)cc1. The van der Waals surface area contributed by atoms with Gasteiger partial charge in [0.1, 0.15) is 0 Å². The number of aliphatic hydroxyl groups excluding tert-OH is 1. The second kappa shape index (κ2) is 7.78. The summed E-state index contributed by atoms with van der Waals surface area (Å²) in [7, 11) is 0. The summed E-state index contributed by atoms with van der Waals surface area (Å²) in [5.41, 5.74) is 1.80. The number of aliphatic hydroxyl groups is 1. The molecule has 2 fully saturated rings. The number of carbonyl (C=O) groups is 1. The van der Waals surface area contributed by atoms with Crippen LogP contribution in [0.1, 0.15) is 34.1 Å². The number of nitrogens with one attached hydrogen (secondary N) is 1. The first-order valence-corrected chi connectivity index (χ1v) is 10.0. The van der Waals surface area contributed by atoms with Crippen molar-refractivity contribution in [2.24, 2.45) is 5.92 Å². The summed E-state index contributed by atoms with van der Waals surface area (Å²) in [4.78, 5) is 16.2. The van der Waals surface area contributed by atoms with E-state index in [0.717, 1.165) is 49.7 Å². The maximum Gasteiger partial charge on any atom is 0.251 e. The Balaban J connectivity index is 1.44. The van der Waals surface area contributed by atoms with Crippen LogP contribution >= 0.6 is 11.3 Å². The van der Waals surface area contributed by atoms with Crippen LogP contribution in [-0.2, 0) is 4.74 Å². The summed E-state index contributed by atoms with van der Waals surface area (Å²) < 4.78 is 5.39. The van der Waals surface area contributed by atoms with Gasteiger partial charge in [-0.15, -0.1) is 11.3 Å². The monoisotopic (exact) mass is 372 g/mol. The van der Waals surface area contributed by atoms with Gasteiger partial charge in [-0.1, -0.05) is 6.07 Å². The van der Waals surface area contributed by atoms with E-state index in [0.29, 0.717) is 11.5 Å². The molecule has 4 rings (SSSR count). The van der Waals surface area contributed by atoms with Crippen LogP contribution in [0, 0.1) is 5.92 Å². The minimum Gasteiger partial charge on any atom is -0.393 e. The number of morpholine rings is 1. The molecule has 2 aliphatic rings. The topological polar surface area (TPSA) is 61.8 Å². The number of rotatable bonds is 5. The van der Waals surface area contributed by atoms with Crippen LogP contribution in [-0.4, -0.2) is 43.4 Å². The highest BCUT2D eigenvalue weighted by atomic mass is 32.1. The van der Waals surface area contributed by atoms with Crippen molar-refractivity contribution in [3.05, 3.63) is 52.2 Å². The van der Waals surface area contributed by atoms with E-state index in [1.807, 2.05) is 35.7 Å². The number of thiophene rings is 1. The van der Waals surface area contributed by atoms with E-state index in [4.69, 9.17) is 4.74 Å². The lowest BCUT2D eigenvalue weighted by atomic mass is 9.76. The average molecular weight is 372 g/mol. The van der Waals surface area contributed by atoms with E-state index < -0.39 is 0 Å². The predicted octanol–water partition coefficient (Wildman–Crippen LogP) is 2.83. The molecule has 1 aliphatic carbocycles. The Hall–Kier alpha value is -1.89. The summed E-state index contributed by atoms with van der Waals surface area (Å²) >= 11 is 1.65. The molecule has 1 aromatic heterocycles. The molecule has 1 atom stereocenters. The van der Waals surface area contributed by atoms with E-state index in [9.17, 15) is 9.90 Å². The third-order valence-electron chi connectivity index (χ3n) is 5.26. The zero-order valence-electron chi connectivity index (χ0n) is 14.6. The van der Waals surface area contributed by atoms with Crippen molar-refractivity contribution in [3.8, 4) is 0 Å². The molecule has 2 heterocycles. The average Bonchev–Trinajstić information content (AvgIpc) is 3.19. The molecule has 2 N–H and O–H groups in total. The van der Waals surface area contributed by atoms with Crippen LogP contribution in [0.2, 0.25) is 0 Å². The minimum absolute atomic E-state index is 0.0233. The molecule has 1 aliphatic heterocycles. The molecule has 0 bridgehead atoms. The Morgan fingerprint density at radius 1 is 1.19 bits per heavy atom. The smallest absolute Gasteiger partial charge is 0.251 e. The van der Waals surface area contributed by atoms with Crippen LogP contribution in [0.3, 0.4) is 0 Å². The standard InChI is InChI=1S/C20H24N2O3S/c23-17-12-15(13-17)19(18-2-1-11-26-18)21-20(24)14-3-5-16(6-4-14)22-7-9-25-10-8-22/h1-6,11,15,17,19,23H,7-10,12-13H2,(H,21,24). The number of carbonyl (C=O) groups excluding carboxylic acids is 1. The van der Waals surface area contributed by atoms with Crippen molar-refractivity contribution >= 4 is 22.9 Å². The number of ether oxygens (including phenoxy) is 1. The quantitative estimate of drug-likeness (QED) is 0.847. The van der Waals surface area contributed by atoms with Crippen LogP contribution in [0.5, 0.6) is 0 Å². The Kier molecular flexibility index (Phi) is 5.24. The normalized spacial score (nSPS) is 24.0. The summed E-state index contributed by atoms with van der Waals surface area (Å²) in [6.45, 7) is 3.27. The maximum atomic E-state index is 12.8. The molecule has 1 saturated heterocycles. The van der Waals surface area contributed by atoms with Gasteiger partial charge in [-0.05, 0) is 54.5 Å². The highest BCUT2D eigenvalue weighted by Crippen LogP contribution is 2.39. The molecule has 138 valence electrons. The molecule has 1 aromatic carbocycles. The largest absolute Gasteiger partial charge is 0.393 e. The Morgan fingerprint density at radius 2 is 1.92 bits per heavy atom.